The van der Waals surface area contributed by atoms with Crippen LogP contribution in [0, 0.1) is 10.1 Å². The van der Waals surface area contributed by atoms with Crippen molar-refractivity contribution in [2.75, 3.05) is 7.11 Å². The van der Waals surface area contributed by atoms with E-state index in [0.717, 1.165) is 0 Å². The summed E-state index contributed by atoms with van der Waals surface area (Å²) in [6.07, 6.45) is 2.67. The summed E-state index contributed by atoms with van der Waals surface area (Å²) in [6, 6.07) is 13.2. The second-order valence-corrected chi connectivity index (χ2v) is 5.75. The molecular formula is C20H15N3O7. The van der Waals surface area contributed by atoms with Crippen molar-refractivity contribution in [1.29, 1.82) is 0 Å². The van der Waals surface area contributed by atoms with Gasteiger partial charge in [-0.1, -0.05) is 12.1 Å². The second kappa shape index (κ2) is 9.15. The van der Waals surface area contributed by atoms with Crippen molar-refractivity contribution in [1.82, 2.24) is 5.43 Å². The van der Waals surface area contributed by atoms with Gasteiger partial charge in [-0.25, -0.2) is 10.2 Å². The number of hydrogen-bond donors (Lipinski definition) is 1. The highest BCUT2D eigenvalue weighted by atomic mass is 16.6. The molecule has 3 rings (SSSR count). The Hall–Kier alpha value is -4.47. The third-order valence-corrected chi connectivity index (χ3v) is 3.84. The number of nitro groups is 1. The lowest BCUT2D eigenvalue weighted by molar-refractivity contribution is -0.385. The molecule has 30 heavy (non-hydrogen) atoms. The first-order chi connectivity index (χ1) is 14.5. The van der Waals surface area contributed by atoms with Gasteiger partial charge in [-0.05, 0) is 42.0 Å². The number of benzene rings is 2. The van der Waals surface area contributed by atoms with E-state index >= 15 is 0 Å². The van der Waals surface area contributed by atoms with Crippen LogP contribution in [0.5, 0.6) is 11.5 Å². The predicted molar refractivity (Wildman–Crippen MR) is 105 cm³/mol. The van der Waals surface area contributed by atoms with Crippen LogP contribution in [-0.4, -0.2) is 30.1 Å². The van der Waals surface area contributed by atoms with Gasteiger partial charge in [0.05, 0.1) is 24.5 Å². The predicted octanol–water partition coefficient (Wildman–Crippen LogP) is 3.18. The van der Waals surface area contributed by atoms with Crippen LogP contribution in [0.3, 0.4) is 0 Å². The number of amides is 1. The fourth-order valence-corrected chi connectivity index (χ4v) is 2.44. The van der Waals surface area contributed by atoms with Gasteiger partial charge in [0.1, 0.15) is 5.56 Å². The van der Waals surface area contributed by atoms with E-state index in [1.165, 1.54) is 62.1 Å². The summed E-state index contributed by atoms with van der Waals surface area (Å²) in [5, 5.41) is 14.8. The third kappa shape index (κ3) is 4.68. The zero-order valence-electron chi connectivity index (χ0n) is 15.6. The summed E-state index contributed by atoms with van der Waals surface area (Å²) in [4.78, 5) is 34.5. The van der Waals surface area contributed by atoms with E-state index in [4.69, 9.17) is 13.9 Å². The van der Waals surface area contributed by atoms with Gasteiger partial charge in [0.25, 0.3) is 11.6 Å². The van der Waals surface area contributed by atoms with Crippen molar-refractivity contribution in [2.45, 2.75) is 0 Å². The smallest absolute Gasteiger partial charge is 0.379 e. The van der Waals surface area contributed by atoms with Crippen molar-refractivity contribution in [3.05, 3.63) is 87.9 Å². The van der Waals surface area contributed by atoms with Crippen molar-refractivity contribution in [2.24, 2.45) is 5.10 Å². The van der Waals surface area contributed by atoms with Gasteiger partial charge in [-0.3, -0.25) is 14.9 Å². The van der Waals surface area contributed by atoms with Crippen LogP contribution in [0.15, 0.2) is 70.4 Å². The number of rotatable bonds is 7. The van der Waals surface area contributed by atoms with E-state index < -0.39 is 16.8 Å². The summed E-state index contributed by atoms with van der Waals surface area (Å²) >= 11 is 0. The largest absolute Gasteiger partial charge is 0.493 e. The Balaban J connectivity index is 1.70. The number of nitrogens with zero attached hydrogens (tertiary/aromatic N) is 2. The summed E-state index contributed by atoms with van der Waals surface area (Å²) < 4.78 is 15.4. The van der Waals surface area contributed by atoms with Crippen LogP contribution in [0.4, 0.5) is 5.69 Å². The van der Waals surface area contributed by atoms with Crippen LogP contribution in [0.25, 0.3) is 0 Å². The minimum atomic E-state index is -0.727. The number of nitro benzene ring substituents is 1. The Kier molecular flexibility index (Phi) is 6.18. The van der Waals surface area contributed by atoms with Crippen LogP contribution in [0.1, 0.15) is 26.5 Å². The van der Waals surface area contributed by atoms with Crippen LogP contribution >= 0.6 is 0 Å². The molecule has 1 amide bonds. The third-order valence-electron chi connectivity index (χ3n) is 3.84. The number of nitrogens with one attached hydrogen (secondary N) is 1. The zero-order chi connectivity index (χ0) is 21.5. The van der Waals surface area contributed by atoms with E-state index in [2.05, 4.69) is 10.5 Å². The van der Waals surface area contributed by atoms with Gasteiger partial charge >= 0.3 is 5.97 Å². The van der Waals surface area contributed by atoms with Gasteiger partial charge in [-0.15, -0.1) is 0 Å². The molecule has 0 fully saturated rings. The molecule has 0 saturated heterocycles. The number of furan rings is 1. The number of para-hydroxylation sites is 1. The first kappa shape index (κ1) is 20.3. The monoisotopic (exact) mass is 409 g/mol. The lowest BCUT2D eigenvalue weighted by atomic mass is 10.2. The molecule has 0 radical (unpaired) electrons. The maximum absolute atomic E-state index is 12.2. The van der Waals surface area contributed by atoms with Crippen LogP contribution in [0.2, 0.25) is 0 Å². The van der Waals surface area contributed by atoms with E-state index in [0.29, 0.717) is 5.56 Å². The van der Waals surface area contributed by atoms with E-state index in [1.54, 1.807) is 12.1 Å². The molecule has 1 N–H and O–H groups in total. The highest BCUT2D eigenvalue weighted by molar-refractivity contribution is 5.98. The molecule has 2 aromatic carbocycles. The fourth-order valence-electron chi connectivity index (χ4n) is 2.44. The lowest BCUT2D eigenvalue weighted by Gasteiger charge is -2.09. The van der Waals surface area contributed by atoms with Crippen LogP contribution < -0.4 is 14.9 Å². The molecule has 0 bridgehead atoms. The highest BCUT2D eigenvalue weighted by Crippen LogP contribution is 2.28. The number of carbonyl (C=O) groups excluding carboxylic acids is 2. The second-order valence-electron chi connectivity index (χ2n) is 5.75. The molecule has 3 aromatic rings. The molecule has 0 aliphatic rings. The minimum absolute atomic E-state index is 0.0420. The molecule has 0 unspecified atom stereocenters. The Morgan fingerprint density at radius 3 is 2.63 bits per heavy atom. The molecule has 0 atom stereocenters. The summed E-state index contributed by atoms with van der Waals surface area (Å²) in [5.41, 5.74) is 2.32. The van der Waals surface area contributed by atoms with Gasteiger partial charge in [0.15, 0.2) is 11.5 Å². The molecule has 1 heterocycles. The topological polar surface area (TPSA) is 133 Å². The maximum atomic E-state index is 12.2. The molecule has 152 valence electrons. The first-order valence-corrected chi connectivity index (χ1v) is 8.50. The first-order valence-electron chi connectivity index (χ1n) is 8.50. The average Bonchev–Trinajstić information content (AvgIpc) is 3.29. The number of esters is 1. The number of ether oxygens (including phenoxy) is 2. The van der Waals surface area contributed by atoms with Crippen molar-refractivity contribution >= 4 is 23.8 Å². The van der Waals surface area contributed by atoms with Crippen molar-refractivity contribution < 1.29 is 28.4 Å². The van der Waals surface area contributed by atoms with Gasteiger partial charge in [-0.2, -0.15) is 5.10 Å². The molecule has 1 aromatic heterocycles. The number of carbonyl (C=O) groups is 2. The van der Waals surface area contributed by atoms with E-state index in [1.807, 2.05) is 0 Å². The molecule has 10 nitrogen and oxygen atoms in total. The molecule has 10 heteroatoms. The lowest BCUT2D eigenvalue weighted by Crippen LogP contribution is -2.18. The minimum Gasteiger partial charge on any atom is -0.493 e. The maximum Gasteiger partial charge on any atom is 0.379 e. The quantitative estimate of drug-likeness (QED) is 0.208. The molecule has 0 saturated carbocycles. The number of hydrazone groups is 1. The van der Waals surface area contributed by atoms with Crippen molar-refractivity contribution in [3.8, 4) is 11.5 Å². The fraction of sp³-hybridized carbons (Fsp3) is 0.0500. The SMILES string of the molecule is COc1cc(C=NNC(=O)c2ccccc2[N+](=O)[O-])ccc1OC(=O)c1ccco1. The summed E-state index contributed by atoms with van der Waals surface area (Å²) in [5.74, 6) is -0.949. The van der Waals surface area contributed by atoms with Crippen LogP contribution in [-0.2, 0) is 0 Å². The number of methoxy groups -OCH3 is 1. The Labute approximate surface area is 169 Å². The van der Waals surface area contributed by atoms with E-state index in [9.17, 15) is 19.7 Å². The summed E-state index contributed by atoms with van der Waals surface area (Å²) in [7, 11) is 1.40. The van der Waals surface area contributed by atoms with Gasteiger partial charge in [0, 0.05) is 6.07 Å². The van der Waals surface area contributed by atoms with E-state index in [-0.39, 0.29) is 28.5 Å². The van der Waals surface area contributed by atoms with Gasteiger partial charge < -0.3 is 13.9 Å². The Morgan fingerprint density at radius 1 is 1.13 bits per heavy atom. The van der Waals surface area contributed by atoms with Gasteiger partial charge in [0.2, 0.25) is 5.76 Å². The van der Waals surface area contributed by atoms with Crippen molar-refractivity contribution in [3.63, 3.8) is 0 Å². The zero-order valence-corrected chi connectivity index (χ0v) is 15.6. The highest BCUT2D eigenvalue weighted by Gasteiger charge is 2.18. The molecular weight excluding hydrogens is 394 g/mol. The molecule has 0 spiro atoms. The Morgan fingerprint density at radius 2 is 1.93 bits per heavy atom. The average molecular weight is 409 g/mol. The summed E-state index contributed by atoms with van der Waals surface area (Å²) in [6.45, 7) is 0. The molecule has 0 aliphatic carbocycles. The standard InChI is InChI=1S/C20H15N3O7/c1-28-18-11-13(8-9-16(18)30-20(25)17-7-4-10-29-17)12-21-22-19(24)14-5-2-3-6-15(14)23(26)27/h2-12H,1H3,(H,22,24). The molecule has 0 aliphatic heterocycles. The normalized spacial score (nSPS) is 10.6. The number of hydrogen-bond acceptors (Lipinski definition) is 8. The Bertz CT molecular complexity index is 1110.